The second kappa shape index (κ2) is 19.4. The van der Waals surface area contributed by atoms with E-state index in [4.69, 9.17) is 19.7 Å². The molecule has 0 unspecified atom stereocenters. The van der Waals surface area contributed by atoms with Crippen molar-refractivity contribution in [3.63, 3.8) is 0 Å². The summed E-state index contributed by atoms with van der Waals surface area (Å²) in [7, 11) is 0. The van der Waals surface area contributed by atoms with E-state index in [1.165, 1.54) is 57.8 Å². The molecule has 0 bridgehead atoms. The number of aliphatic hydroxyl groups is 2. The third kappa shape index (κ3) is 15.2. The molecular weight excluding hydrogens is 392 g/mol. The normalized spacial score (nSPS) is 11.4. The smallest absolute Gasteiger partial charge is 0.123 e. The quantitative estimate of drug-likeness (QED) is 0.212. The van der Waals surface area contributed by atoms with Crippen LogP contribution in [0.3, 0.4) is 0 Å². The number of rotatable bonds is 21. The Morgan fingerprint density at radius 1 is 0.710 bits per heavy atom. The second-order valence-electron chi connectivity index (χ2n) is 8.53. The lowest BCUT2D eigenvalue weighted by atomic mass is 10.1. The predicted octanol–water partition coefficient (Wildman–Crippen LogP) is 5.77. The summed E-state index contributed by atoms with van der Waals surface area (Å²) in [4.78, 5) is 0. The molecule has 3 N–H and O–H groups in total. The molecule has 0 fully saturated rings. The van der Waals surface area contributed by atoms with Gasteiger partial charge in [-0.05, 0) is 43.4 Å². The Morgan fingerprint density at radius 3 is 1.87 bits per heavy atom. The summed E-state index contributed by atoms with van der Waals surface area (Å²) in [6, 6.07) is 5.63. The van der Waals surface area contributed by atoms with Crippen LogP contribution < -0.4 is 4.74 Å². The van der Waals surface area contributed by atoms with Gasteiger partial charge in [-0.1, -0.05) is 71.1 Å². The van der Waals surface area contributed by atoms with Crippen molar-refractivity contribution in [2.24, 2.45) is 0 Å². The first-order valence-corrected chi connectivity index (χ1v) is 12.5. The molecule has 0 aliphatic carbocycles. The number of hydrogen-bond donors (Lipinski definition) is 3. The standard InChI is InChI=1S/C26H46O5/c1-2-3-12-15-23-18-24(29)20-25(19-23)30-16-13-10-8-6-4-5-7-9-11-14-17-31-26(21-27)22-28/h18-20,26-29H,2-17,21-22H2,1H3. The Bertz CT molecular complexity index is 531. The van der Waals surface area contributed by atoms with Crippen LogP contribution in [0.5, 0.6) is 11.5 Å². The largest absolute Gasteiger partial charge is 0.508 e. The van der Waals surface area contributed by atoms with Crippen molar-refractivity contribution >= 4 is 0 Å². The zero-order valence-electron chi connectivity index (χ0n) is 19.7. The molecule has 1 rings (SSSR count). The first kappa shape index (κ1) is 27.7. The lowest BCUT2D eigenvalue weighted by molar-refractivity contribution is -0.0208. The zero-order chi connectivity index (χ0) is 22.6. The molecule has 5 heteroatoms. The summed E-state index contributed by atoms with van der Waals surface area (Å²) in [5.41, 5.74) is 1.16. The van der Waals surface area contributed by atoms with Gasteiger partial charge < -0.3 is 24.8 Å². The Kier molecular flexibility index (Phi) is 17.3. The van der Waals surface area contributed by atoms with Gasteiger partial charge in [0.25, 0.3) is 0 Å². The fraction of sp³-hybridized carbons (Fsp3) is 0.769. The maximum absolute atomic E-state index is 9.89. The van der Waals surface area contributed by atoms with E-state index in [1.807, 2.05) is 6.07 Å². The van der Waals surface area contributed by atoms with E-state index in [0.717, 1.165) is 43.4 Å². The fourth-order valence-electron chi connectivity index (χ4n) is 3.67. The highest BCUT2D eigenvalue weighted by Gasteiger charge is 2.04. The number of aliphatic hydroxyl groups excluding tert-OH is 2. The minimum atomic E-state index is -0.418. The molecule has 0 saturated heterocycles. The molecule has 5 nitrogen and oxygen atoms in total. The highest BCUT2D eigenvalue weighted by molar-refractivity contribution is 5.37. The van der Waals surface area contributed by atoms with Crippen LogP contribution >= 0.6 is 0 Å². The molecule has 0 amide bonds. The molecule has 0 aliphatic rings. The van der Waals surface area contributed by atoms with Crippen molar-refractivity contribution in [2.75, 3.05) is 26.4 Å². The van der Waals surface area contributed by atoms with Crippen molar-refractivity contribution in [2.45, 2.75) is 103 Å². The van der Waals surface area contributed by atoms with E-state index in [1.54, 1.807) is 6.07 Å². The van der Waals surface area contributed by atoms with Crippen LogP contribution in [0.4, 0.5) is 0 Å². The number of ether oxygens (including phenoxy) is 2. The molecule has 31 heavy (non-hydrogen) atoms. The molecule has 0 aliphatic heterocycles. The van der Waals surface area contributed by atoms with Gasteiger partial charge >= 0.3 is 0 Å². The maximum Gasteiger partial charge on any atom is 0.123 e. The molecular formula is C26H46O5. The van der Waals surface area contributed by atoms with E-state index in [-0.39, 0.29) is 13.2 Å². The van der Waals surface area contributed by atoms with E-state index in [9.17, 15) is 5.11 Å². The van der Waals surface area contributed by atoms with Crippen LogP contribution in [0.1, 0.15) is 96.0 Å². The van der Waals surface area contributed by atoms with Gasteiger partial charge in [-0.3, -0.25) is 0 Å². The average molecular weight is 439 g/mol. The lowest BCUT2D eigenvalue weighted by Crippen LogP contribution is -2.22. The van der Waals surface area contributed by atoms with Crippen LogP contribution in [0.25, 0.3) is 0 Å². The van der Waals surface area contributed by atoms with E-state index in [2.05, 4.69) is 13.0 Å². The van der Waals surface area contributed by atoms with Crippen molar-refractivity contribution in [3.05, 3.63) is 23.8 Å². The Morgan fingerprint density at radius 2 is 1.29 bits per heavy atom. The van der Waals surface area contributed by atoms with Gasteiger partial charge in [0.05, 0.1) is 19.8 Å². The number of benzene rings is 1. The van der Waals surface area contributed by atoms with Gasteiger partial charge in [-0.25, -0.2) is 0 Å². The molecule has 180 valence electrons. The summed E-state index contributed by atoms with van der Waals surface area (Å²) in [5, 5.41) is 27.7. The SMILES string of the molecule is CCCCCc1cc(O)cc(OCCCCCCCCCCCCOC(CO)CO)c1. The fourth-order valence-corrected chi connectivity index (χ4v) is 3.67. The van der Waals surface area contributed by atoms with Crippen LogP contribution in [-0.4, -0.2) is 47.9 Å². The molecule has 1 aromatic rings. The van der Waals surface area contributed by atoms with Crippen LogP contribution in [0.15, 0.2) is 18.2 Å². The van der Waals surface area contributed by atoms with E-state index < -0.39 is 6.10 Å². The number of hydrogen-bond acceptors (Lipinski definition) is 5. The molecule has 0 heterocycles. The van der Waals surface area contributed by atoms with E-state index in [0.29, 0.717) is 19.0 Å². The van der Waals surface area contributed by atoms with Gasteiger partial charge in [0.1, 0.15) is 17.6 Å². The number of unbranched alkanes of at least 4 members (excludes halogenated alkanes) is 11. The van der Waals surface area contributed by atoms with Gasteiger partial charge in [0, 0.05) is 12.7 Å². The Hall–Kier alpha value is -1.30. The lowest BCUT2D eigenvalue weighted by Gasteiger charge is -2.11. The highest BCUT2D eigenvalue weighted by Crippen LogP contribution is 2.23. The van der Waals surface area contributed by atoms with Gasteiger partial charge in [0.15, 0.2) is 0 Å². The van der Waals surface area contributed by atoms with Crippen molar-refractivity contribution in [1.29, 1.82) is 0 Å². The number of phenolic OH excluding ortho intramolecular Hbond substituents is 1. The third-order valence-corrected chi connectivity index (χ3v) is 5.59. The summed E-state index contributed by atoms with van der Waals surface area (Å²) < 4.78 is 11.2. The molecule has 1 aromatic carbocycles. The minimum absolute atomic E-state index is 0.113. The van der Waals surface area contributed by atoms with Crippen LogP contribution in [-0.2, 0) is 11.2 Å². The molecule has 0 saturated carbocycles. The third-order valence-electron chi connectivity index (χ3n) is 5.59. The predicted molar refractivity (Wildman–Crippen MR) is 127 cm³/mol. The van der Waals surface area contributed by atoms with Crippen LogP contribution in [0, 0.1) is 0 Å². The maximum atomic E-state index is 9.89. The zero-order valence-corrected chi connectivity index (χ0v) is 19.7. The molecule has 0 atom stereocenters. The van der Waals surface area contributed by atoms with Crippen LogP contribution in [0.2, 0.25) is 0 Å². The Labute approximate surface area is 189 Å². The molecule has 0 aromatic heterocycles. The number of aryl methyl sites for hydroxylation is 1. The minimum Gasteiger partial charge on any atom is -0.508 e. The number of phenols is 1. The summed E-state index contributed by atoms with van der Waals surface area (Å²) in [5.74, 6) is 1.09. The summed E-state index contributed by atoms with van der Waals surface area (Å²) in [6.45, 7) is 3.31. The van der Waals surface area contributed by atoms with Crippen molar-refractivity contribution in [1.82, 2.24) is 0 Å². The number of aromatic hydroxyl groups is 1. The molecule has 0 spiro atoms. The first-order valence-electron chi connectivity index (χ1n) is 12.5. The monoisotopic (exact) mass is 438 g/mol. The molecule has 0 radical (unpaired) electrons. The van der Waals surface area contributed by atoms with Gasteiger partial charge in [-0.15, -0.1) is 0 Å². The first-order chi connectivity index (χ1) is 15.2. The second-order valence-corrected chi connectivity index (χ2v) is 8.53. The highest BCUT2D eigenvalue weighted by atomic mass is 16.5. The van der Waals surface area contributed by atoms with Crippen molar-refractivity contribution < 1.29 is 24.8 Å². The van der Waals surface area contributed by atoms with Crippen molar-refractivity contribution in [3.8, 4) is 11.5 Å². The average Bonchev–Trinajstić information content (AvgIpc) is 2.76. The van der Waals surface area contributed by atoms with Gasteiger partial charge in [-0.2, -0.15) is 0 Å². The van der Waals surface area contributed by atoms with Gasteiger partial charge in [0.2, 0.25) is 0 Å². The summed E-state index contributed by atoms with van der Waals surface area (Å²) >= 11 is 0. The Balaban J connectivity index is 1.93. The topological polar surface area (TPSA) is 79.2 Å². The summed E-state index contributed by atoms with van der Waals surface area (Å²) in [6.07, 6.45) is 16.2. The van der Waals surface area contributed by atoms with E-state index >= 15 is 0 Å².